The zero-order valence-corrected chi connectivity index (χ0v) is 12.7. The van der Waals surface area contributed by atoms with Gasteiger partial charge >= 0.3 is 5.76 Å². The lowest BCUT2D eigenvalue weighted by atomic mass is 10.1. The molecule has 1 fully saturated rings. The molecule has 6 nitrogen and oxygen atoms in total. The van der Waals surface area contributed by atoms with E-state index in [1.54, 1.807) is 24.3 Å². The Bertz CT molecular complexity index is 912. The van der Waals surface area contributed by atoms with E-state index >= 15 is 0 Å². The van der Waals surface area contributed by atoms with E-state index in [4.69, 9.17) is 0 Å². The van der Waals surface area contributed by atoms with Gasteiger partial charge in [-0.3, -0.25) is 14.3 Å². The first-order valence-corrected chi connectivity index (χ1v) is 7.73. The minimum atomic E-state index is -0.594. The second kappa shape index (κ2) is 5.81. The summed E-state index contributed by atoms with van der Waals surface area (Å²) in [5.74, 6) is 0.142. The van der Waals surface area contributed by atoms with Gasteiger partial charge in [-0.2, -0.15) is 0 Å². The molecule has 1 heterocycles. The first-order valence-electron chi connectivity index (χ1n) is 7.73. The van der Waals surface area contributed by atoms with Crippen molar-refractivity contribution in [3.8, 4) is 11.4 Å². The highest BCUT2D eigenvalue weighted by Gasteiger charge is 2.43. The lowest BCUT2D eigenvalue weighted by Crippen LogP contribution is -2.14. The lowest BCUT2D eigenvalue weighted by molar-refractivity contribution is -0.117. The van der Waals surface area contributed by atoms with E-state index in [9.17, 15) is 9.59 Å². The zero-order chi connectivity index (χ0) is 16.5. The summed E-state index contributed by atoms with van der Waals surface area (Å²) in [6.07, 6.45) is 0.883. The maximum atomic E-state index is 12.3. The summed E-state index contributed by atoms with van der Waals surface area (Å²) in [7, 11) is 0. The number of aromatic amines is 1. The van der Waals surface area contributed by atoms with Crippen LogP contribution in [-0.2, 0) is 4.79 Å². The summed E-state index contributed by atoms with van der Waals surface area (Å²) in [5, 5.41) is 6.56. The molecule has 3 aromatic rings. The van der Waals surface area contributed by atoms with Crippen LogP contribution in [0.2, 0.25) is 0 Å². The Morgan fingerprint density at radius 3 is 2.54 bits per heavy atom. The van der Waals surface area contributed by atoms with Crippen LogP contribution < -0.4 is 11.1 Å². The van der Waals surface area contributed by atoms with Gasteiger partial charge in [0.05, 0.1) is 0 Å². The van der Waals surface area contributed by atoms with E-state index in [2.05, 4.69) is 32.1 Å². The molecule has 0 aliphatic heterocycles. The van der Waals surface area contributed by atoms with Gasteiger partial charge in [0.1, 0.15) is 0 Å². The SMILES string of the molecule is O=C(Nc1ccc(-c2noc(=O)[nH]2)cc1)C1CC1c1ccccc1. The van der Waals surface area contributed by atoms with Crippen molar-refractivity contribution in [1.82, 2.24) is 10.1 Å². The van der Waals surface area contributed by atoms with Crippen molar-refractivity contribution in [3.63, 3.8) is 0 Å². The predicted molar refractivity (Wildman–Crippen MR) is 88.5 cm³/mol. The molecule has 2 unspecified atom stereocenters. The number of hydrogen-bond acceptors (Lipinski definition) is 4. The van der Waals surface area contributed by atoms with Gasteiger partial charge in [-0.15, -0.1) is 0 Å². The van der Waals surface area contributed by atoms with Crippen molar-refractivity contribution in [2.75, 3.05) is 5.32 Å². The van der Waals surface area contributed by atoms with Crippen molar-refractivity contribution in [3.05, 3.63) is 70.7 Å². The Hall–Kier alpha value is -3.15. The third-order valence-corrected chi connectivity index (χ3v) is 4.22. The van der Waals surface area contributed by atoms with E-state index in [1.807, 2.05) is 18.2 Å². The van der Waals surface area contributed by atoms with Gasteiger partial charge in [0.2, 0.25) is 5.91 Å². The molecule has 4 rings (SSSR count). The normalized spacial score (nSPS) is 19.0. The van der Waals surface area contributed by atoms with Crippen molar-refractivity contribution in [1.29, 1.82) is 0 Å². The van der Waals surface area contributed by atoms with Crippen LogP contribution in [0.4, 0.5) is 5.69 Å². The van der Waals surface area contributed by atoms with Crippen LogP contribution >= 0.6 is 0 Å². The third kappa shape index (κ3) is 2.86. The fraction of sp³-hybridized carbons (Fsp3) is 0.167. The number of benzene rings is 2. The molecule has 2 aromatic carbocycles. The Morgan fingerprint density at radius 2 is 1.88 bits per heavy atom. The summed E-state index contributed by atoms with van der Waals surface area (Å²) >= 11 is 0. The van der Waals surface area contributed by atoms with Gasteiger partial charge in [-0.05, 0) is 42.2 Å². The highest BCUT2D eigenvalue weighted by atomic mass is 16.5. The summed E-state index contributed by atoms with van der Waals surface area (Å²) < 4.78 is 4.48. The molecule has 0 bridgehead atoms. The van der Waals surface area contributed by atoms with Crippen molar-refractivity contribution in [2.24, 2.45) is 5.92 Å². The second-order valence-corrected chi connectivity index (χ2v) is 5.87. The molecule has 24 heavy (non-hydrogen) atoms. The number of rotatable bonds is 4. The molecule has 1 aliphatic carbocycles. The quantitative estimate of drug-likeness (QED) is 0.773. The van der Waals surface area contributed by atoms with Gasteiger partial charge in [-0.25, -0.2) is 4.79 Å². The lowest BCUT2D eigenvalue weighted by Gasteiger charge is -2.05. The number of aromatic nitrogens is 2. The van der Waals surface area contributed by atoms with E-state index in [0.29, 0.717) is 23.0 Å². The molecule has 0 radical (unpaired) electrons. The average molecular weight is 321 g/mol. The highest BCUT2D eigenvalue weighted by Crippen LogP contribution is 2.47. The highest BCUT2D eigenvalue weighted by molar-refractivity contribution is 5.95. The molecule has 1 aromatic heterocycles. The molecule has 1 aliphatic rings. The number of carbonyl (C=O) groups excluding carboxylic acids is 1. The van der Waals surface area contributed by atoms with Crippen molar-refractivity contribution < 1.29 is 9.32 Å². The topological polar surface area (TPSA) is 88.0 Å². The van der Waals surface area contributed by atoms with Gasteiger partial charge in [-0.1, -0.05) is 35.5 Å². The Labute approximate surface area is 137 Å². The number of nitrogens with one attached hydrogen (secondary N) is 2. The smallest absolute Gasteiger partial charge is 0.326 e. The minimum Gasteiger partial charge on any atom is -0.326 e. The Balaban J connectivity index is 1.41. The van der Waals surface area contributed by atoms with Gasteiger partial charge < -0.3 is 5.32 Å². The van der Waals surface area contributed by atoms with Crippen molar-refractivity contribution >= 4 is 11.6 Å². The van der Waals surface area contributed by atoms with E-state index in [-0.39, 0.29) is 11.8 Å². The van der Waals surface area contributed by atoms with Crippen LogP contribution in [0.1, 0.15) is 17.9 Å². The summed E-state index contributed by atoms with van der Waals surface area (Å²) in [5.41, 5.74) is 2.64. The molecule has 6 heteroatoms. The molecular weight excluding hydrogens is 306 g/mol. The minimum absolute atomic E-state index is 0.0268. The molecule has 2 N–H and O–H groups in total. The van der Waals surface area contributed by atoms with Crippen LogP contribution in [0.25, 0.3) is 11.4 Å². The molecule has 120 valence electrons. The largest absolute Gasteiger partial charge is 0.439 e. The van der Waals surface area contributed by atoms with E-state index < -0.39 is 5.76 Å². The first-order chi connectivity index (χ1) is 11.7. The van der Waals surface area contributed by atoms with Crippen LogP contribution in [-0.4, -0.2) is 16.0 Å². The number of hydrogen-bond donors (Lipinski definition) is 2. The zero-order valence-electron chi connectivity index (χ0n) is 12.7. The summed E-state index contributed by atoms with van der Waals surface area (Å²) in [6.45, 7) is 0. The van der Waals surface area contributed by atoms with Crippen molar-refractivity contribution in [2.45, 2.75) is 12.3 Å². The fourth-order valence-electron chi connectivity index (χ4n) is 2.85. The maximum absolute atomic E-state index is 12.3. The molecule has 1 amide bonds. The average Bonchev–Trinajstić information content (AvgIpc) is 3.31. The first kappa shape index (κ1) is 14.4. The predicted octanol–water partition coefficient (Wildman–Crippen LogP) is 2.77. The summed E-state index contributed by atoms with van der Waals surface area (Å²) in [6, 6.07) is 17.2. The Kier molecular flexibility index (Phi) is 3.49. The van der Waals surface area contributed by atoms with E-state index in [1.165, 1.54) is 5.56 Å². The summed E-state index contributed by atoms with van der Waals surface area (Å²) in [4.78, 5) is 25.8. The molecular formula is C18H15N3O3. The van der Waals surface area contributed by atoms with E-state index in [0.717, 1.165) is 6.42 Å². The number of amides is 1. The number of anilines is 1. The maximum Gasteiger partial charge on any atom is 0.439 e. The number of H-pyrrole nitrogens is 1. The standard InChI is InChI=1S/C18H15N3O3/c22-17(15-10-14(15)11-4-2-1-3-5-11)19-13-8-6-12(7-9-13)16-20-18(23)24-21-16/h1-9,14-15H,10H2,(H,19,22)(H,20,21,23). The third-order valence-electron chi connectivity index (χ3n) is 4.22. The van der Waals surface area contributed by atoms with Crippen LogP contribution in [0, 0.1) is 5.92 Å². The van der Waals surface area contributed by atoms with Crippen LogP contribution in [0.3, 0.4) is 0 Å². The second-order valence-electron chi connectivity index (χ2n) is 5.87. The number of nitrogens with zero attached hydrogens (tertiary/aromatic N) is 1. The molecule has 0 saturated heterocycles. The Morgan fingerprint density at radius 1 is 1.12 bits per heavy atom. The molecule has 1 saturated carbocycles. The van der Waals surface area contributed by atoms with Gasteiger partial charge in [0, 0.05) is 17.2 Å². The monoisotopic (exact) mass is 321 g/mol. The van der Waals surface area contributed by atoms with Gasteiger partial charge in [0.15, 0.2) is 5.82 Å². The van der Waals surface area contributed by atoms with Gasteiger partial charge in [0.25, 0.3) is 0 Å². The van der Waals surface area contributed by atoms with Crippen LogP contribution in [0.5, 0.6) is 0 Å². The molecule has 2 atom stereocenters. The van der Waals surface area contributed by atoms with Crippen LogP contribution in [0.15, 0.2) is 63.9 Å². The molecule has 0 spiro atoms. The number of carbonyl (C=O) groups is 1. The fourth-order valence-corrected chi connectivity index (χ4v) is 2.85.